The molecule has 0 saturated heterocycles. The van der Waals surface area contributed by atoms with Gasteiger partial charge < -0.3 is 5.73 Å². The Labute approximate surface area is 90.7 Å². The lowest BCUT2D eigenvalue weighted by atomic mass is 10.6. The SMILES string of the molecule is CN(C)Nc1nc(Cl)c(C(N)=S)s1. The number of aromatic nitrogens is 1. The van der Waals surface area contributed by atoms with Gasteiger partial charge in [-0.15, -0.1) is 0 Å². The smallest absolute Gasteiger partial charge is 0.199 e. The van der Waals surface area contributed by atoms with Gasteiger partial charge in [-0.05, 0) is 0 Å². The first-order valence-corrected chi connectivity index (χ1v) is 5.01. The topological polar surface area (TPSA) is 54.2 Å². The number of hydrogen-bond donors (Lipinski definition) is 2. The van der Waals surface area contributed by atoms with Crippen LogP contribution in [0.25, 0.3) is 0 Å². The molecule has 1 heterocycles. The molecule has 0 aliphatic carbocycles. The van der Waals surface area contributed by atoms with Gasteiger partial charge in [0.1, 0.15) is 9.87 Å². The molecule has 1 aromatic heterocycles. The van der Waals surface area contributed by atoms with E-state index in [0.717, 1.165) is 0 Å². The number of anilines is 1. The van der Waals surface area contributed by atoms with Crippen molar-refractivity contribution in [1.29, 1.82) is 0 Å². The molecule has 0 aromatic carbocycles. The van der Waals surface area contributed by atoms with Gasteiger partial charge in [0.05, 0.1) is 0 Å². The van der Waals surface area contributed by atoms with Crippen molar-refractivity contribution in [3.05, 3.63) is 10.0 Å². The highest BCUT2D eigenvalue weighted by atomic mass is 35.5. The Hall–Kier alpha value is -0.430. The van der Waals surface area contributed by atoms with Crippen LogP contribution in [0.2, 0.25) is 5.15 Å². The summed E-state index contributed by atoms with van der Waals surface area (Å²) in [5, 5.41) is 2.79. The fraction of sp³-hybridized carbons (Fsp3) is 0.333. The number of hydrogen-bond acceptors (Lipinski definition) is 5. The van der Waals surface area contributed by atoms with Gasteiger partial charge >= 0.3 is 0 Å². The Morgan fingerprint density at radius 2 is 2.31 bits per heavy atom. The van der Waals surface area contributed by atoms with E-state index in [0.29, 0.717) is 15.2 Å². The predicted molar refractivity (Wildman–Crippen MR) is 60.3 cm³/mol. The third-order valence-corrected chi connectivity index (χ3v) is 2.84. The summed E-state index contributed by atoms with van der Waals surface area (Å²) < 4.78 is 0. The van der Waals surface area contributed by atoms with E-state index in [-0.39, 0.29) is 4.99 Å². The zero-order valence-electron chi connectivity index (χ0n) is 7.17. The molecule has 1 rings (SSSR count). The van der Waals surface area contributed by atoms with Crippen molar-refractivity contribution in [2.24, 2.45) is 5.73 Å². The van der Waals surface area contributed by atoms with Crippen molar-refractivity contribution < 1.29 is 0 Å². The fourth-order valence-corrected chi connectivity index (χ4v) is 2.11. The average molecular weight is 237 g/mol. The third kappa shape index (κ3) is 2.77. The minimum atomic E-state index is 0.273. The van der Waals surface area contributed by atoms with Crippen LogP contribution in [0.1, 0.15) is 4.88 Å². The van der Waals surface area contributed by atoms with Crippen LogP contribution in [0.5, 0.6) is 0 Å². The molecule has 13 heavy (non-hydrogen) atoms. The van der Waals surface area contributed by atoms with Crippen molar-refractivity contribution in [3.63, 3.8) is 0 Å². The monoisotopic (exact) mass is 236 g/mol. The lowest BCUT2D eigenvalue weighted by molar-refractivity contribution is 0.495. The van der Waals surface area contributed by atoms with Crippen molar-refractivity contribution in [1.82, 2.24) is 9.99 Å². The van der Waals surface area contributed by atoms with Gasteiger partial charge in [0.25, 0.3) is 0 Å². The Kier molecular flexibility index (Phi) is 3.43. The van der Waals surface area contributed by atoms with Gasteiger partial charge in [-0.25, -0.2) is 9.99 Å². The van der Waals surface area contributed by atoms with E-state index in [4.69, 9.17) is 29.6 Å². The van der Waals surface area contributed by atoms with Gasteiger partial charge in [-0.1, -0.05) is 35.2 Å². The van der Waals surface area contributed by atoms with Crippen molar-refractivity contribution in [3.8, 4) is 0 Å². The highest BCUT2D eigenvalue weighted by Gasteiger charge is 2.11. The molecule has 0 radical (unpaired) electrons. The Bertz CT molecular complexity index is 322. The Balaban J connectivity index is 2.89. The number of thiazole rings is 1. The molecule has 4 nitrogen and oxygen atoms in total. The third-order valence-electron chi connectivity index (χ3n) is 1.13. The van der Waals surface area contributed by atoms with E-state index in [1.165, 1.54) is 11.3 Å². The highest BCUT2D eigenvalue weighted by molar-refractivity contribution is 7.81. The quantitative estimate of drug-likeness (QED) is 0.613. The fourth-order valence-electron chi connectivity index (χ4n) is 0.693. The van der Waals surface area contributed by atoms with Crippen LogP contribution in [0, 0.1) is 0 Å². The number of hydrazine groups is 1. The van der Waals surface area contributed by atoms with Gasteiger partial charge in [0.15, 0.2) is 10.3 Å². The van der Waals surface area contributed by atoms with E-state index in [1.54, 1.807) is 5.01 Å². The molecular formula is C6H9ClN4S2. The number of rotatable bonds is 3. The second kappa shape index (κ2) is 4.19. The minimum Gasteiger partial charge on any atom is -0.389 e. The molecule has 0 amide bonds. The van der Waals surface area contributed by atoms with Crippen LogP contribution in [0.3, 0.4) is 0 Å². The maximum absolute atomic E-state index is 5.80. The second-order valence-electron chi connectivity index (χ2n) is 2.51. The number of nitrogens with one attached hydrogen (secondary N) is 1. The zero-order valence-corrected chi connectivity index (χ0v) is 9.56. The zero-order chi connectivity index (χ0) is 10.0. The first-order valence-electron chi connectivity index (χ1n) is 3.41. The van der Waals surface area contributed by atoms with Crippen LogP contribution in [0.15, 0.2) is 0 Å². The summed E-state index contributed by atoms with van der Waals surface area (Å²) in [5.41, 5.74) is 8.40. The molecular weight excluding hydrogens is 228 g/mol. The van der Waals surface area contributed by atoms with Crippen molar-refractivity contribution >= 4 is 45.3 Å². The largest absolute Gasteiger partial charge is 0.389 e. The molecule has 72 valence electrons. The van der Waals surface area contributed by atoms with Crippen molar-refractivity contribution in [2.45, 2.75) is 0 Å². The first-order chi connectivity index (χ1) is 6.00. The molecule has 0 atom stereocenters. The predicted octanol–water partition coefficient (Wildman–Crippen LogP) is 1.32. The van der Waals surface area contributed by atoms with Crippen LogP contribution >= 0.6 is 35.2 Å². The summed E-state index contributed by atoms with van der Waals surface area (Å²) in [6, 6.07) is 0. The summed E-state index contributed by atoms with van der Waals surface area (Å²) in [7, 11) is 3.71. The van der Waals surface area contributed by atoms with E-state index in [1.807, 2.05) is 14.1 Å². The minimum absolute atomic E-state index is 0.273. The average Bonchev–Trinajstić information content (AvgIpc) is 2.29. The van der Waals surface area contributed by atoms with E-state index >= 15 is 0 Å². The Morgan fingerprint density at radius 1 is 1.69 bits per heavy atom. The first kappa shape index (κ1) is 10.6. The van der Waals surface area contributed by atoms with E-state index in [9.17, 15) is 0 Å². The molecule has 0 saturated carbocycles. The summed E-state index contributed by atoms with van der Waals surface area (Å²) in [5.74, 6) is 0. The van der Waals surface area contributed by atoms with E-state index in [2.05, 4.69) is 10.4 Å². The molecule has 0 unspecified atom stereocenters. The molecule has 1 aromatic rings. The number of nitrogens with two attached hydrogens (primary N) is 1. The maximum Gasteiger partial charge on any atom is 0.199 e. The normalized spacial score (nSPS) is 10.5. The number of thiocarbonyl (C=S) groups is 1. The van der Waals surface area contributed by atoms with Crippen LogP contribution in [-0.2, 0) is 0 Å². The molecule has 0 aliphatic heterocycles. The molecule has 0 bridgehead atoms. The molecule has 0 aliphatic rings. The summed E-state index contributed by atoms with van der Waals surface area (Å²) >= 11 is 11.9. The van der Waals surface area contributed by atoms with Crippen molar-refractivity contribution in [2.75, 3.05) is 19.5 Å². The molecule has 0 spiro atoms. The molecule has 7 heteroatoms. The van der Waals surface area contributed by atoms with Crippen LogP contribution in [0.4, 0.5) is 5.13 Å². The molecule has 0 fully saturated rings. The highest BCUT2D eigenvalue weighted by Crippen LogP contribution is 2.26. The summed E-state index contributed by atoms with van der Waals surface area (Å²) in [4.78, 5) is 4.95. The molecule has 3 N–H and O–H groups in total. The lowest BCUT2D eigenvalue weighted by Gasteiger charge is -2.08. The van der Waals surface area contributed by atoms with Gasteiger partial charge in [0.2, 0.25) is 0 Å². The standard InChI is InChI=1S/C6H9ClN4S2/c1-11(2)10-6-9-4(7)3(13-6)5(8)12/h1-2H3,(H2,8,12)(H,9,10). The van der Waals surface area contributed by atoms with E-state index < -0.39 is 0 Å². The van der Waals surface area contributed by atoms with Gasteiger partial charge in [0, 0.05) is 14.1 Å². The van der Waals surface area contributed by atoms with Crippen LogP contribution < -0.4 is 11.2 Å². The lowest BCUT2D eigenvalue weighted by Crippen LogP contribution is -2.19. The Morgan fingerprint density at radius 3 is 2.69 bits per heavy atom. The van der Waals surface area contributed by atoms with Crippen LogP contribution in [-0.4, -0.2) is 29.1 Å². The summed E-state index contributed by atoms with van der Waals surface area (Å²) in [6.07, 6.45) is 0. The number of nitrogens with zero attached hydrogens (tertiary/aromatic N) is 2. The van der Waals surface area contributed by atoms with Gasteiger partial charge in [-0.2, -0.15) is 0 Å². The summed E-state index contributed by atoms with van der Waals surface area (Å²) in [6.45, 7) is 0. The number of halogens is 1. The van der Waals surface area contributed by atoms with Gasteiger partial charge in [-0.3, -0.25) is 5.43 Å². The maximum atomic E-state index is 5.80. The second-order valence-corrected chi connectivity index (χ2v) is 4.31.